The number of amides is 1. The highest BCUT2D eigenvalue weighted by molar-refractivity contribution is 5.93. The van der Waals surface area contributed by atoms with Crippen LogP contribution in [0.4, 0.5) is 0 Å². The average molecular weight is 295 g/mol. The number of benzene rings is 1. The van der Waals surface area contributed by atoms with Crippen LogP contribution in [-0.2, 0) is 0 Å². The molecule has 2 aliphatic rings. The third-order valence-electron chi connectivity index (χ3n) is 4.82. The minimum absolute atomic E-state index is 0.00785. The first kappa shape index (κ1) is 13.6. The molecule has 2 atom stereocenters. The number of nitrogens with one attached hydrogen (secondary N) is 3. The summed E-state index contributed by atoms with van der Waals surface area (Å²) in [6.45, 7) is 0. The zero-order valence-electron chi connectivity index (χ0n) is 12.5. The largest absolute Gasteiger partial charge is 0.351 e. The molecular formula is C18H21N3O. The Balaban J connectivity index is 1.44. The highest BCUT2D eigenvalue weighted by Gasteiger charge is 2.34. The number of carbonyl (C=O) groups excluding carboxylic acids is 1. The van der Waals surface area contributed by atoms with Crippen molar-refractivity contribution in [3.63, 3.8) is 0 Å². The molecule has 114 valence electrons. The molecule has 2 bridgehead atoms. The molecule has 1 aromatic carbocycles. The molecule has 3 heterocycles. The number of rotatable bonds is 3. The van der Waals surface area contributed by atoms with Gasteiger partial charge in [-0.1, -0.05) is 30.3 Å². The average Bonchev–Trinajstić information content (AvgIpc) is 3.15. The van der Waals surface area contributed by atoms with Crippen LogP contribution in [0.3, 0.4) is 0 Å². The van der Waals surface area contributed by atoms with Crippen LogP contribution in [0.1, 0.15) is 36.2 Å². The molecule has 2 aromatic rings. The fourth-order valence-electron chi connectivity index (χ4n) is 3.75. The predicted molar refractivity (Wildman–Crippen MR) is 86.7 cm³/mol. The van der Waals surface area contributed by atoms with E-state index in [4.69, 9.17) is 0 Å². The Bertz CT molecular complexity index is 652. The Morgan fingerprint density at radius 2 is 1.73 bits per heavy atom. The van der Waals surface area contributed by atoms with E-state index >= 15 is 0 Å². The van der Waals surface area contributed by atoms with Gasteiger partial charge in [0.05, 0.1) is 0 Å². The number of piperidine rings is 1. The van der Waals surface area contributed by atoms with Crippen LogP contribution in [0.15, 0.2) is 42.5 Å². The van der Waals surface area contributed by atoms with Gasteiger partial charge in [0.1, 0.15) is 5.69 Å². The molecule has 1 amide bonds. The number of H-pyrrole nitrogens is 1. The third kappa shape index (κ3) is 2.66. The van der Waals surface area contributed by atoms with Crippen molar-refractivity contribution in [3.05, 3.63) is 48.2 Å². The van der Waals surface area contributed by atoms with Crippen LogP contribution < -0.4 is 10.6 Å². The lowest BCUT2D eigenvalue weighted by molar-refractivity contribution is 0.0919. The Labute approximate surface area is 130 Å². The van der Waals surface area contributed by atoms with Crippen molar-refractivity contribution in [3.8, 4) is 11.3 Å². The molecule has 2 aliphatic heterocycles. The van der Waals surface area contributed by atoms with Gasteiger partial charge in [0.2, 0.25) is 0 Å². The number of fused-ring (bicyclic) bond motifs is 2. The van der Waals surface area contributed by atoms with Gasteiger partial charge in [-0.25, -0.2) is 0 Å². The first-order valence-electron chi connectivity index (χ1n) is 8.09. The summed E-state index contributed by atoms with van der Waals surface area (Å²) in [7, 11) is 0. The third-order valence-corrected chi connectivity index (χ3v) is 4.82. The molecule has 4 heteroatoms. The second kappa shape index (κ2) is 5.61. The number of aromatic nitrogens is 1. The maximum Gasteiger partial charge on any atom is 0.267 e. The molecule has 0 radical (unpaired) electrons. The van der Waals surface area contributed by atoms with E-state index in [2.05, 4.69) is 15.6 Å². The van der Waals surface area contributed by atoms with E-state index in [1.54, 1.807) is 0 Å². The van der Waals surface area contributed by atoms with E-state index in [9.17, 15) is 4.79 Å². The number of hydrogen-bond acceptors (Lipinski definition) is 2. The van der Waals surface area contributed by atoms with Gasteiger partial charge in [-0.3, -0.25) is 4.79 Å². The maximum absolute atomic E-state index is 12.4. The molecule has 22 heavy (non-hydrogen) atoms. The fourth-order valence-corrected chi connectivity index (χ4v) is 3.75. The number of aromatic amines is 1. The molecule has 0 spiro atoms. The van der Waals surface area contributed by atoms with Crippen LogP contribution in [0.2, 0.25) is 0 Å². The van der Waals surface area contributed by atoms with Gasteiger partial charge in [0.15, 0.2) is 0 Å². The Morgan fingerprint density at radius 3 is 2.45 bits per heavy atom. The smallest absolute Gasteiger partial charge is 0.267 e. The zero-order valence-corrected chi connectivity index (χ0v) is 12.5. The predicted octanol–water partition coefficient (Wildman–Crippen LogP) is 2.69. The molecule has 4 nitrogen and oxygen atoms in total. The van der Waals surface area contributed by atoms with Crippen LogP contribution in [0.25, 0.3) is 11.3 Å². The van der Waals surface area contributed by atoms with Crippen molar-refractivity contribution >= 4 is 5.91 Å². The molecule has 4 rings (SSSR count). The summed E-state index contributed by atoms with van der Waals surface area (Å²) in [5, 5.41) is 6.79. The molecule has 3 N–H and O–H groups in total. The summed E-state index contributed by atoms with van der Waals surface area (Å²) >= 11 is 0. The fraction of sp³-hybridized carbons (Fsp3) is 0.389. The monoisotopic (exact) mass is 295 g/mol. The molecule has 1 aromatic heterocycles. The zero-order chi connectivity index (χ0) is 14.9. The van der Waals surface area contributed by atoms with Crippen molar-refractivity contribution in [2.75, 3.05) is 0 Å². The summed E-state index contributed by atoms with van der Waals surface area (Å²) in [6, 6.07) is 15.4. The summed E-state index contributed by atoms with van der Waals surface area (Å²) in [5.74, 6) is 0.00785. The van der Waals surface area contributed by atoms with Crippen LogP contribution in [-0.4, -0.2) is 29.0 Å². The minimum Gasteiger partial charge on any atom is -0.351 e. The molecular weight excluding hydrogens is 274 g/mol. The highest BCUT2D eigenvalue weighted by Crippen LogP contribution is 2.27. The molecule has 2 fully saturated rings. The number of carbonyl (C=O) groups is 1. The second-order valence-corrected chi connectivity index (χ2v) is 6.43. The van der Waals surface area contributed by atoms with E-state index in [-0.39, 0.29) is 5.91 Å². The summed E-state index contributed by atoms with van der Waals surface area (Å²) in [5.41, 5.74) is 2.72. The van der Waals surface area contributed by atoms with E-state index in [0.29, 0.717) is 23.8 Å². The molecule has 2 saturated heterocycles. The van der Waals surface area contributed by atoms with Gasteiger partial charge in [-0.2, -0.15) is 0 Å². The summed E-state index contributed by atoms with van der Waals surface area (Å²) < 4.78 is 0. The van der Waals surface area contributed by atoms with E-state index in [1.165, 1.54) is 12.8 Å². The Morgan fingerprint density at radius 1 is 1.00 bits per heavy atom. The van der Waals surface area contributed by atoms with E-state index < -0.39 is 0 Å². The molecule has 0 saturated carbocycles. The van der Waals surface area contributed by atoms with Gasteiger partial charge in [0, 0.05) is 23.8 Å². The summed E-state index contributed by atoms with van der Waals surface area (Å²) in [6.07, 6.45) is 4.60. The Hall–Kier alpha value is -2.07. The maximum atomic E-state index is 12.4. The topological polar surface area (TPSA) is 56.9 Å². The van der Waals surface area contributed by atoms with Gasteiger partial charge >= 0.3 is 0 Å². The highest BCUT2D eigenvalue weighted by atomic mass is 16.1. The lowest BCUT2D eigenvalue weighted by atomic mass is 10.00. The van der Waals surface area contributed by atoms with Crippen molar-refractivity contribution in [1.82, 2.24) is 15.6 Å². The van der Waals surface area contributed by atoms with Crippen molar-refractivity contribution in [1.29, 1.82) is 0 Å². The first-order valence-corrected chi connectivity index (χ1v) is 8.09. The van der Waals surface area contributed by atoms with Crippen LogP contribution >= 0.6 is 0 Å². The normalized spacial score (nSPS) is 26.8. The second-order valence-electron chi connectivity index (χ2n) is 6.43. The first-order chi connectivity index (χ1) is 10.8. The quantitative estimate of drug-likeness (QED) is 0.815. The summed E-state index contributed by atoms with van der Waals surface area (Å²) in [4.78, 5) is 15.7. The van der Waals surface area contributed by atoms with E-state index in [1.807, 2.05) is 42.5 Å². The Kier molecular flexibility index (Phi) is 3.47. The van der Waals surface area contributed by atoms with Crippen molar-refractivity contribution < 1.29 is 4.79 Å². The molecule has 0 aliphatic carbocycles. The van der Waals surface area contributed by atoms with Gasteiger partial charge in [-0.05, 0) is 43.4 Å². The lowest BCUT2D eigenvalue weighted by Gasteiger charge is -2.29. The standard InChI is InChI=1S/C18H21N3O/c22-18(20-15-10-13-6-7-14(11-15)19-13)17-9-8-16(21-17)12-4-2-1-3-5-12/h1-5,8-9,13-15,19,21H,6-7,10-11H2,(H,20,22). The van der Waals surface area contributed by atoms with Gasteiger partial charge in [-0.15, -0.1) is 0 Å². The van der Waals surface area contributed by atoms with E-state index in [0.717, 1.165) is 24.1 Å². The van der Waals surface area contributed by atoms with Crippen LogP contribution in [0.5, 0.6) is 0 Å². The van der Waals surface area contributed by atoms with Crippen molar-refractivity contribution in [2.24, 2.45) is 0 Å². The minimum atomic E-state index is 0.00785. The number of hydrogen-bond donors (Lipinski definition) is 3. The lowest BCUT2D eigenvalue weighted by Crippen LogP contribution is -2.48. The van der Waals surface area contributed by atoms with Gasteiger partial charge in [0.25, 0.3) is 5.91 Å². The molecule has 2 unspecified atom stereocenters. The van der Waals surface area contributed by atoms with Crippen LogP contribution in [0, 0.1) is 0 Å². The SMILES string of the molecule is O=C(NC1CC2CCC(C1)N2)c1ccc(-c2ccccc2)[nH]1. The van der Waals surface area contributed by atoms with Gasteiger partial charge < -0.3 is 15.6 Å². The van der Waals surface area contributed by atoms with Crippen molar-refractivity contribution in [2.45, 2.75) is 43.8 Å².